The van der Waals surface area contributed by atoms with E-state index in [4.69, 9.17) is 24.5 Å². The van der Waals surface area contributed by atoms with Gasteiger partial charge < -0.3 is 34.8 Å². The van der Waals surface area contributed by atoms with E-state index in [1.807, 2.05) is 0 Å². The molecule has 0 radical (unpaired) electrons. The van der Waals surface area contributed by atoms with Crippen molar-refractivity contribution in [2.45, 2.75) is 24.5 Å². The standard InChI is InChI=1S/C13H20N5O9P/c1-24-2-3-25-9-8(27-28(21,22)23)6(4-19)26-12(9)18-5-15-7-10(18)16-13(14)17-11(7)20/h5-6,8-9,12,19H,2-4H2,1H3,(H2,21,22,23)(H3,14,16,17,20)/t6-,8-,9-,12-/m1/s1. The first-order chi connectivity index (χ1) is 13.2. The van der Waals surface area contributed by atoms with Gasteiger partial charge in [0.25, 0.3) is 5.56 Å². The molecule has 2 aromatic heterocycles. The van der Waals surface area contributed by atoms with Crippen LogP contribution in [0.25, 0.3) is 11.2 Å². The molecule has 0 unspecified atom stereocenters. The molecule has 4 atom stereocenters. The molecule has 0 saturated carbocycles. The second kappa shape index (κ2) is 8.23. The lowest BCUT2D eigenvalue weighted by molar-refractivity contribution is -0.0782. The van der Waals surface area contributed by atoms with E-state index in [1.54, 1.807) is 0 Å². The van der Waals surface area contributed by atoms with Gasteiger partial charge in [0.1, 0.15) is 18.3 Å². The number of nitrogens with zero attached hydrogens (tertiary/aromatic N) is 3. The minimum Gasteiger partial charge on any atom is -0.394 e. The van der Waals surface area contributed by atoms with Crippen molar-refractivity contribution < 1.29 is 38.2 Å². The number of nitrogen functional groups attached to an aromatic ring is 1. The van der Waals surface area contributed by atoms with E-state index >= 15 is 0 Å². The highest BCUT2D eigenvalue weighted by Crippen LogP contribution is 2.45. The van der Waals surface area contributed by atoms with Gasteiger partial charge in [0.2, 0.25) is 5.95 Å². The van der Waals surface area contributed by atoms with E-state index < -0.39 is 44.5 Å². The van der Waals surface area contributed by atoms with Crippen LogP contribution >= 0.6 is 7.82 Å². The van der Waals surface area contributed by atoms with Crippen LogP contribution in [0.5, 0.6) is 0 Å². The summed E-state index contributed by atoms with van der Waals surface area (Å²) in [6, 6.07) is 0. The third-order valence-electron chi connectivity index (χ3n) is 4.05. The summed E-state index contributed by atoms with van der Waals surface area (Å²) in [7, 11) is -3.47. The average Bonchev–Trinajstić information content (AvgIpc) is 3.15. The van der Waals surface area contributed by atoms with Gasteiger partial charge in [-0.1, -0.05) is 0 Å². The Balaban J connectivity index is 2.02. The van der Waals surface area contributed by atoms with Crippen LogP contribution in [0.2, 0.25) is 0 Å². The van der Waals surface area contributed by atoms with Crippen LogP contribution in [-0.2, 0) is 23.3 Å². The summed E-state index contributed by atoms with van der Waals surface area (Å²) < 4.78 is 33.8. The predicted octanol–water partition coefficient (Wildman–Crippen LogP) is -1.90. The molecule has 1 aliphatic rings. The van der Waals surface area contributed by atoms with E-state index in [9.17, 15) is 24.3 Å². The van der Waals surface area contributed by atoms with Crippen LogP contribution in [0.1, 0.15) is 6.23 Å². The molecule has 3 heterocycles. The third-order valence-corrected chi connectivity index (χ3v) is 4.57. The number of ether oxygens (including phenoxy) is 3. The number of fused-ring (bicyclic) bond motifs is 1. The number of aromatic nitrogens is 4. The Hall–Kier alpha value is -1.90. The average molecular weight is 421 g/mol. The van der Waals surface area contributed by atoms with Gasteiger partial charge in [0, 0.05) is 7.11 Å². The number of nitrogens with one attached hydrogen (secondary N) is 1. The van der Waals surface area contributed by atoms with Gasteiger partial charge in [-0.2, -0.15) is 4.98 Å². The Labute approximate surface area is 157 Å². The molecule has 1 saturated heterocycles. The van der Waals surface area contributed by atoms with Crippen molar-refractivity contribution in [1.82, 2.24) is 19.5 Å². The van der Waals surface area contributed by atoms with E-state index in [0.29, 0.717) is 0 Å². The van der Waals surface area contributed by atoms with Crippen molar-refractivity contribution in [2.24, 2.45) is 0 Å². The minimum atomic E-state index is -4.93. The van der Waals surface area contributed by atoms with E-state index in [0.717, 1.165) is 0 Å². The predicted molar refractivity (Wildman–Crippen MR) is 92.1 cm³/mol. The number of phosphoric ester groups is 1. The fourth-order valence-corrected chi connectivity index (χ4v) is 3.51. The van der Waals surface area contributed by atoms with Crippen molar-refractivity contribution in [2.75, 3.05) is 32.7 Å². The molecule has 156 valence electrons. The highest BCUT2D eigenvalue weighted by molar-refractivity contribution is 7.46. The molecule has 0 aliphatic carbocycles. The zero-order chi connectivity index (χ0) is 20.5. The largest absolute Gasteiger partial charge is 0.470 e. The van der Waals surface area contributed by atoms with E-state index in [1.165, 1.54) is 18.0 Å². The molecule has 2 aromatic rings. The van der Waals surface area contributed by atoms with Crippen molar-refractivity contribution in [1.29, 1.82) is 0 Å². The van der Waals surface area contributed by atoms with Crippen molar-refractivity contribution in [3.05, 3.63) is 16.7 Å². The summed E-state index contributed by atoms with van der Waals surface area (Å²) in [6.07, 6.45) is -3.34. The zero-order valence-corrected chi connectivity index (χ0v) is 15.6. The molecule has 1 fully saturated rings. The summed E-state index contributed by atoms with van der Waals surface area (Å²) in [5.74, 6) is -0.157. The number of anilines is 1. The monoisotopic (exact) mass is 421 g/mol. The lowest BCUT2D eigenvalue weighted by atomic mass is 10.1. The number of H-pyrrole nitrogens is 1. The minimum absolute atomic E-state index is 0.0200. The fourth-order valence-electron chi connectivity index (χ4n) is 2.94. The van der Waals surface area contributed by atoms with Gasteiger partial charge in [-0.05, 0) is 0 Å². The summed E-state index contributed by atoms with van der Waals surface area (Å²) in [4.78, 5) is 40.7. The number of aliphatic hydroxyl groups is 1. The Morgan fingerprint density at radius 1 is 1.39 bits per heavy atom. The second-order valence-corrected chi connectivity index (χ2v) is 7.10. The molecule has 3 rings (SSSR count). The number of rotatable bonds is 8. The number of imidazole rings is 1. The first kappa shape index (κ1) is 20.8. The van der Waals surface area contributed by atoms with Gasteiger partial charge in [0.15, 0.2) is 17.4 Å². The molecule has 0 bridgehead atoms. The quantitative estimate of drug-likeness (QED) is 0.234. The van der Waals surface area contributed by atoms with Crippen LogP contribution in [0, 0.1) is 0 Å². The Morgan fingerprint density at radius 3 is 2.79 bits per heavy atom. The van der Waals surface area contributed by atoms with Gasteiger partial charge in [-0.3, -0.25) is 18.9 Å². The SMILES string of the molecule is COCCO[C@@H]1[C@H](OP(=O)(O)O)[C@@H](CO)O[C@H]1n1cnc2c(=O)[nH]c(N)nc21. The van der Waals surface area contributed by atoms with Crippen molar-refractivity contribution in [3.8, 4) is 0 Å². The maximum Gasteiger partial charge on any atom is 0.470 e. The highest BCUT2D eigenvalue weighted by Gasteiger charge is 2.50. The number of aliphatic hydroxyl groups excluding tert-OH is 1. The van der Waals surface area contributed by atoms with Crippen LogP contribution in [0.4, 0.5) is 5.95 Å². The summed E-state index contributed by atoms with van der Waals surface area (Å²) >= 11 is 0. The number of hydrogen-bond acceptors (Lipinski definition) is 10. The Morgan fingerprint density at radius 2 is 2.14 bits per heavy atom. The lowest BCUT2D eigenvalue weighted by Crippen LogP contribution is -2.38. The highest BCUT2D eigenvalue weighted by atomic mass is 31.2. The molecule has 28 heavy (non-hydrogen) atoms. The lowest BCUT2D eigenvalue weighted by Gasteiger charge is -2.24. The molecule has 0 spiro atoms. The fraction of sp³-hybridized carbons (Fsp3) is 0.615. The second-order valence-electron chi connectivity index (χ2n) is 5.91. The number of methoxy groups -OCH3 is 1. The molecule has 6 N–H and O–H groups in total. The maximum atomic E-state index is 12.0. The first-order valence-electron chi connectivity index (χ1n) is 8.08. The Kier molecular flexibility index (Phi) is 6.12. The molecule has 0 aromatic carbocycles. The van der Waals surface area contributed by atoms with Crippen molar-refractivity contribution in [3.63, 3.8) is 0 Å². The summed E-state index contributed by atoms with van der Waals surface area (Å²) in [5.41, 5.74) is 5.06. The van der Waals surface area contributed by atoms with Crippen LogP contribution in [0.3, 0.4) is 0 Å². The smallest absolute Gasteiger partial charge is 0.394 e. The van der Waals surface area contributed by atoms with Crippen LogP contribution in [-0.4, -0.2) is 79.7 Å². The topological polar surface area (TPSA) is 204 Å². The summed E-state index contributed by atoms with van der Waals surface area (Å²) in [6.45, 7) is -0.373. The Bertz CT molecular complexity index is 927. The van der Waals surface area contributed by atoms with Crippen LogP contribution < -0.4 is 11.3 Å². The normalized spacial score (nSPS) is 25.6. The first-order valence-corrected chi connectivity index (χ1v) is 9.61. The number of hydrogen-bond donors (Lipinski definition) is 5. The maximum absolute atomic E-state index is 12.0. The molecule has 15 heteroatoms. The van der Waals surface area contributed by atoms with Crippen molar-refractivity contribution >= 4 is 24.9 Å². The van der Waals surface area contributed by atoms with Gasteiger partial charge in [0.05, 0.1) is 26.1 Å². The number of phosphoric acid groups is 1. The number of aromatic amines is 1. The molecular weight excluding hydrogens is 401 g/mol. The van der Waals surface area contributed by atoms with E-state index in [2.05, 4.69) is 15.0 Å². The van der Waals surface area contributed by atoms with E-state index in [-0.39, 0.29) is 30.3 Å². The van der Waals surface area contributed by atoms with Gasteiger partial charge in [-0.25, -0.2) is 9.55 Å². The molecular formula is C13H20N5O9P. The summed E-state index contributed by atoms with van der Waals surface area (Å²) in [5, 5.41) is 9.59. The van der Waals surface area contributed by atoms with Crippen LogP contribution in [0.15, 0.2) is 11.1 Å². The molecule has 14 nitrogen and oxygen atoms in total. The third kappa shape index (κ3) is 4.24. The molecule has 0 amide bonds. The van der Waals surface area contributed by atoms with Gasteiger partial charge >= 0.3 is 7.82 Å². The van der Waals surface area contributed by atoms with Gasteiger partial charge in [-0.15, -0.1) is 0 Å². The zero-order valence-electron chi connectivity index (χ0n) is 14.7. The molecule has 1 aliphatic heterocycles. The number of nitrogens with two attached hydrogens (primary N) is 1.